The SMILES string of the molecule is CN(C(=O)OCc1ccc([N+](=O)[O-])cc1)C1CCN(C(=O)C2CC(S)CN2C(=O)OCc2ccc([N+](=O)[O-])cc2)C1. The Bertz CT molecular complexity index is 1310. The minimum absolute atomic E-state index is 0.0567. The maximum absolute atomic E-state index is 13.4. The van der Waals surface area contributed by atoms with Gasteiger partial charge in [-0.25, -0.2) is 9.59 Å². The van der Waals surface area contributed by atoms with Crippen molar-refractivity contribution in [3.8, 4) is 0 Å². The number of amides is 3. The van der Waals surface area contributed by atoms with E-state index in [2.05, 4.69) is 12.6 Å². The Morgan fingerprint density at radius 3 is 2.00 bits per heavy atom. The first kappa shape index (κ1) is 29.6. The lowest BCUT2D eigenvalue weighted by molar-refractivity contribution is -0.385. The van der Waals surface area contributed by atoms with Crippen LogP contribution in [0, 0.1) is 20.2 Å². The Kier molecular flexibility index (Phi) is 9.27. The third kappa shape index (κ3) is 7.22. The number of nitro groups is 2. The highest BCUT2D eigenvalue weighted by atomic mass is 32.1. The molecule has 2 saturated heterocycles. The quantitative estimate of drug-likeness (QED) is 0.277. The molecule has 2 aromatic rings. The molecular weight excluding hydrogens is 558 g/mol. The van der Waals surface area contributed by atoms with Crippen molar-refractivity contribution in [1.82, 2.24) is 14.7 Å². The number of nitro benzene ring substituents is 2. The molecule has 41 heavy (non-hydrogen) atoms. The van der Waals surface area contributed by atoms with E-state index in [-0.39, 0.29) is 54.9 Å². The number of hydrogen-bond donors (Lipinski definition) is 1. The summed E-state index contributed by atoms with van der Waals surface area (Å²) in [5, 5.41) is 21.4. The zero-order chi connectivity index (χ0) is 29.7. The van der Waals surface area contributed by atoms with Gasteiger partial charge in [0, 0.05) is 56.2 Å². The smallest absolute Gasteiger partial charge is 0.410 e. The van der Waals surface area contributed by atoms with Crippen LogP contribution < -0.4 is 0 Å². The largest absolute Gasteiger partial charge is 0.445 e. The number of thiol groups is 1. The molecule has 2 heterocycles. The van der Waals surface area contributed by atoms with Gasteiger partial charge >= 0.3 is 12.2 Å². The van der Waals surface area contributed by atoms with E-state index in [1.54, 1.807) is 11.9 Å². The maximum Gasteiger partial charge on any atom is 0.410 e. The molecular formula is C26H29N5O9S. The van der Waals surface area contributed by atoms with E-state index in [0.717, 1.165) is 0 Å². The predicted octanol–water partition coefficient (Wildman–Crippen LogP) is 3.38. The predicted molar refractivity (Wildman–Crippen MR) is 147 cm³/mol. The summed E-state index contributed by atoms with van der Waals surface area (Å²) < 4.78 is 10.7. The lowest BCUT2D eigenvalue weighted by atomic mass is 10.2. The van der Waals surface area contributed by atoms with Gasteiger partial charge in [-0.2, -0.15) is 12.6 Å². The van der Waals surface area contributed by atoms with Crippen LogP contribution in [0.1, 0.15) is 24.0 Å². The van der Waals surface area contributed by atoms with E-state index in [0.29, 0.717) is 30.5 Å². The van der Waals surface area contributed by atoms with Gasteiger partial charge in [-0.05, 0) is 48.2 Å². The van der Waals surface area contributed by atoms with Gasteiger partial charge in [-0.1, -0.05) is 0 Å². The molecule has 3 unspecified atom stereocenters. The summed E-state index contributed by atoms with van der Waals surface area (Å²) in [4.78, 5) is 63.8. The van der Waals surface area contributed by atoms with E-state index in [9.17, 15) is 34.6 Å². The van der Waals surface area contributed by atoms with E-state index < -0.39 is 28.1 Å². The van der Waals surface area contributed by atoms with Crippen molar-refractivity contribution < 1.29 is 33.7 Å². The lowest BCUT2D eigenvalue weighted by Gasteiger charge is -2.28. The number of ether oxygens (including phenoxy) is 2. The van der Waals surface area contributed by atoms with Crippen LogP contribution in [0.25, 0.3) is 0 Å². The minimum atomic E-state index is -0.764. The van der Waals surface area contributed by atoms with Crippen LogP contribution >= 0.6 is 12.6 Å². The van der Waals surface area contributed by atoms with Crippen LogP contribution in [0.4, 0.5) is 21.0 Å². The van der Waals surface area contributed by atoms with Crippen molar-refractivity contribution in [2.45, 2.75) is 43.4 Å². The molecule has 0 aliphatic carbocycles. The lowest BCUT2D eigenvalue weighted by Crippen LogP contribution is -2.48. The van der Waals surface area contributed by atoms with Crippen molar-refractivity contribution in [3.05, 3.63) is 79.9 Å². The van der Waals surface area contributed by atoms with E-state index in [1.165, 1.54) is 58.3 Å². The number of likely N-dealkylation sites (tertiary alicyclic amines) is 2. The Labute approximate surface area is 240 Å². The van der Waals surface area contributed by atoms with Crippen LogP contribution in [0.3, 0.4) is 0 Å². The molecule has 15 heteroatoms. The zero-order valence-corrected chi connectivity index (χ0v) is 23.1. The number of nitrogens with zero attached hydrogens (tertiary/aromatic N) is 5. The van der Waals surface area contributed by atoms with Gasteiger partial charge in [-0.15, -0.1) is 0 Å². The average Bonchev–Trinajstić information content (AvgIpc) is 3.61. The second-order valence-electron chi connectivity index (χ2n) is 9.85. The molecule has 0 saturated carbocycles. The molecule has 218 valence electrons. The number of benzene rings is 2. The van der Waals surface area contributed by atoms with Crippen LogP contribution in [0.15, 0.2) is 48.5 Å². The third-order valence-electron chi connectivity index (χ3n) is 7.13. The first-order valence-corrected chi connectivity index (χ1v) is 13.3. The van der Waals surface area contributed by atoms with Gasteiger partial charge in [0.2, 0.25) is 5.91 Å². The Hall–Kier alpha value is -4.40. The average molecular weight is 588 g/mol. The first-order valence-electron chi connectivity index (χ1n) is 12.8. The highest BCUT2D eigenvalue weighted by Crippen LogP contribution is 2.27. The highest BCUT2D eigenvalue weighted by Gasteiger charge is 2.43. The fourth-order valence-electron chi connectivity index (χ4n) is 4.77. The molecule has 0 bridgehead atoms. The first-order chi connectivity index (χ1) is 19.5. The summed E-state index contributed by atoms with van der Waals surface area (Å²) in [6, 6.07) is 10.3. The van der Waals surface area contributed by atoms with Crippen LogP contribution in [0.2, 0.25) is 0 Å². The Morgan fingerprint density at radius 2 is 1.46 bits per heavy atom. The molecule has 2 aliphatic rings. The van der Waals surface area contributed by atoms with Crippen molar-refractivity contribution in [1.29, 1.82) is 0 Å². The summed E-state index contributed by atoms with van der Waals surface area (Å²) >= 11 is 4.47. The van der Waals surface area contributed by atoms with Crippen LogP contribution in [-0.2, 0) is 27.5 Å². The summed E-state index contributed by atoms with van der Waals surface area (Å²) in [7, 11) is 1.58. The second-order valence-corrected chi connectivity index (χ2v) is 10.6. The monoisotopic (exact) mass is 587 g/mol. The fraction of sp³-hybridized carbons (Fsp3) is 0.423. The molecule has 2 aliphatic heterocycles. The summed E-state index contributed by atoms with van der Waals surface area (Å²) in [5.74, 6) is -0.260. The van der Waals surface area contributed by atoms with Crippen molar-refractivity contribution >= 4 is 42.1 Å². The van der Waals surface area contributed by atoms with Crippen molar-refractivity contribution in [3.63, 3.8) is 0 Å². The van der Waals surface area contributed by atoms with Gasteiger partial charge in [-0.3, -0.25) is 29.9 Å². The number of hydrogen-bond acceptors (Lipinski definition) is 10. The number of rotatable bonds is 8. The van der Waals surface area contributed by atoms with E-state index in [4.69, 9.17) is 9.47 Å². The second kappa shape index (κ2) is 12.8. The van der Waals surface area contributed by atoms with Gasteiger partial charge < -0.3 is 19.3 Å². The summed E-state index contributed by atoms with van der Waals surface area (Å²) in [6.45, 7) is 0.720. The number of non-ortho nitro benzene ring substituents is 2. The van der Waals surface area contributed by atoms with Crippen LogP contribution in [-0.4, -0.2) is 86.7 Å². The maximum atomic E-state index is 13.4. The van der Waals surface area contributed by atoms with E-state index >= 15 is 0 Å². The standard InChI is InChI=1S/C26H29N5O9S/c1-27(25(33)39-15-17-2-6-19(7-3-17)30(35)36)21-10-11-28(13-21)24(32)23-12-22(41)14-29(23)26(34)40-16-18-4-8-20(9-5-18)31(37)38/h2-9,21-23,41H,10-16H2,1H3. The molecule has 2 aromatic carbocycles. The van der Waals surface area contributed by atoms with Gasteiger partial charge in [0.15, 0.2) is 0 Å². The van der Waals surface area contributed by atoms with Crippen LogP contribution in [0.5, 0.6) is 0 Å². The molecule has 2 fully saturated rings. The molecule has 3 amide bonds. The fourth-order valence-corrected chi connectivity index (χ4v) is 5.15. The molecule has 14 nitrogen and oxygen atoms in total. The normalized spacial score (nSPS) is 20.0. The van der Waals surface area contributed by atoms with Crippen molar-refractivity contribution in [2.24, 2.45) is 0 Å². The van der Waals surface area contributed by atoms with Gasteiger partial charge in [0.25, 0.3) is 11.4 Å². The van der Waals surface area contributed by atoms with Crippen molar-refractivity contribution in [2.75, 3.05) is 26.7 Å². The summed E-state index contributed by atoms with van der Waals surface area (Å²) in [6.07, 6.45) is -0.393. The molecule has 0 spiro atoms. The minimum Gasteiger partial charge on any atom is -0.445 e. The Morgan fingerprint density at radius 1 is 0.927 bits per heavy atom. The Balaban J connectivity index is 1.28. The molecule has 0 radical (unpaired) electrons. The topological polar surface area (TPSA) is 166 Å². The molecule has 3 atom stereocenters. The van der Waals surface area contributed by atoms with E-state index in [1.807, 2.05) is 0 Å². The zero-order valence-electron chi connectivity index (χ0n) is 22.2. The number of carbonyl (C=O) groups is 3. The summed E-state index contributed by atoms with van der Waals surface area (Å²) in [5.41, 5.74) is 1.04. The van der Waals surface area contributed by atoms with Gasteiger partial charge in [0.1, 0.15) is 19.3 Å². The molecule has 0 aromatic heterocycles. The number of likely N-dealkylation sites (N-methyl/N-ethyl adjacent to an activating group) is 1. The highest BCUT2D eigenvalue weighted by molar-refractivity contribution is 7.81. The molecule has 0 N–H and O–H groups in total. The molecule has 4 rings (SSSR count). The number of carbonyl (C=O) groups excluding carboxylic acids is 3. The third-order valence-corrected chi connectivity index (χ3v) is 7.50. The van der Waals surface area contributed by atoms with Gasteiger partial charge in [0.05, 0.1) is 15.9 Å².